The molecule has 1 aromatic rings. The van der Waals surface area contributed by atoms with E-state index in [0.717, 1.165) is 30.4 Å². The Bertz CT molecular complexity index is 367. The van der Waals surface area contributed by atoms with Gasteiger partial charge in [0.05, 0.1) is 18.1 Å². The average Bonchev–Trinajstić information content (AvgIpc) is 2.84. The Labute approximate surface area is 96.4 Å². The summed E-state index contributed by atoms with van der Waals surface area (Å²) in [5.41, 5.74) is -0.601. The van der Waals surface area contributed by atoms with Gasteiger partial charge in [-0.1, -0.05) is 12.8 Å². The Morgan fingerprint density at radius 3 is 2.50 bits per heavy atom. The van der Waals surface area contributed by atoms with Crippen molar-refractivity contribution in [3.8, 4) is 0 Å². The van der Waals surface area contributed by atoms with Gasteiger partial charge in [0.1, 0.15) is 5.69 Å². The van der Waals surface area contributed by atoms with Crippen molar-refractivity contribution in [1.29, 1.82) is 0 Å². The van der Waals surface area contributed by atoms with Gasteiger partial charge >= 0.3 is 6.18 Å². The summed E-state index contributed by atoms with van der Waals surface area (Å²) in [6.07, 6.45) is 0.340. The molecule has 6 heteroatoms. The molecule has 0 saturated heterocycles. The van der Waals surface area contributed by atoms with Gasteiger partial charge in [0.2, 0.25) is 0 Å². The summed E-state index contributed by atoms with van der Waals surface area (Å²) in [4.78, 5) is 0. The van der Waals surface area contributed by atoms with Gasteiger partial charge in [-0.25, -0.2) is 0 Å². The molecule has 0 amide bonds. The van der Waals surface area contributed by atoms with Crippen LogP contribution in [0.4, 0.5) is 13.2 Å². The summed E-state index contributed by atoms with van der Waals surface area (Å²) in [5.74, 6) is -0.151. The van der Waals surface area contributed by atoms with Crippen molar-refractivity contribution < 1.29 is 13.2 Å². The maximum Gasteiger partial charge on any atom is 0.433 e. The summed E-state index contributed by atoms with van der Waals surface area (Å²) in [6.45, 7) is 0. The van der Waals surface area contributed by atoms with Crippen LogP contribution in [0.5, 0.6) is 0 Å². The SMILES string of the molecule is FC(F)(F)c1c(CCl)cnn1C1CCCC1. The molecular weight excluding hydrogens is 241 g/mol. The van der Waals surface area contributed by atoms with E-state index in [9.17, 15) is 13.2 Å². The molecule has 2 rings (SSSR count). The Kier molecular flexibility index (Phi) is 3.15. The zero-order chi connectivity index (χ0) is 11.8. The highest BCUT2D eigenvalue weighted by Crippen LogP contribution is 2.38. The number of nitrogens with zero attached hydrogens (tertiary/aromatic N) is 2. The van der Waals surface area contributed by atoms with Crippen molar-refractivity contribution in [3.63, 3.8) is 0 Å². The molecule has 0 aliphatic heterocycles. The van der Waals surface area contributed by atoms with E-state index in [0.29, 0.717) is 0 Å². The second-order valence-corrected chi connectivity index (χ2v) is 4.30. The van der Waals surface area contributed by atoms with E-state index in [-0.39, 0.29) is 17.5 Å². The summed E-state index contributed by atoms with van der Waals surface area (Å²) < 4.78 is 39.7. The average molecular weight is 253 g/mol. The summed E-state index contributed by atoms with van der Waals surface area (Å²) in [7, 11) is 0. The molecule has 1 aliphatic carbocycles. The first-order chi connectivity index (χ1) is 7.54. The lowest BCUT2D eigenvalue weighted by Crippen LogP contribution is -2.19. The minimum absolute atomic E-state index is 0.0704. The first-order valence-electron chi connectivity index (χ1n) is 5.23. The zero-order valence-electron chi connectivity index (χ0n) is 8.60. The van der Waals surface area contributed by atoms with E-state index in [2.05, 4.69) is 5.10 Å². The molecule has 90 valence electrons. The first kappa shape index (κ1) is 11.8. The molecule has 0 radical (unpaired) electrons. The lowest BCUT2D eigenvalue weighted by Gasteiger charge is -2.16. The summed E-state index contributed by atoms with van der Waals surface area (Å²) in [5, 5.41) is 3.85. The highest BCUT2D eigenvalue weighted by molar-refractivity contribution is 6.17. The Morgan fingerprint density at radius 2 is 2.00 bits per heavy atom. The van der Waals surface area contributed by atoms with Crippen LogP contribution in [0.2, 0.25) is 0 Å². The highest BCUT2D eigenvalue weighted by Gasteiger charge is 2.39. The number of halogens is 4. The van der Waals surface area contributed by atoms with E-state index in [4.69, 9.17) is 11.6 Å². The molecule has 0 spiro atoms. The number of hydrogen-bond donors (Lipinski definition) is 0. The van der Waals surface area contributed by atoms with Crippen LogP contribution in [-0.2, 0) is 12.1 Å². The normalized spacial score (nSPS) is 18.2. The molecule has 1 aliphatic rings. The molecule has 2 nitrogen and oxygen atoms in total. The van der Waals surface area contributed by atoms with Gasteiger partial charge in [-0.3, -0.25) is 4.68 Å². The second kappa shape index (κ2) is 4.28. The van der Waals surface area contributed by atoms with E-state index >= 15 is 0 Å². The third kappa shape index (κ3) is 2.05. The fraction of sp³-hybridized carbons (Fsp3) is 0.700. The monoisotopic (exact) mass is 252 g/mol. The molecule has 0 atom stereocenters. The number of alkyl halides is 4. The molecule has 16 heavy (non-hydrogen) atoms. The van der Waals surface area contributed by atoms with Crippen molar-refractivity contribution in [2.45, 2.75) is 43.8 Å². The lowest BCUT2D eigenvalue weighted by molar-refractivity contribution is -0.145. The first-order valence-corrected chi connectivity index (χ1v) is 5.77. The molecule has 1 fully saturated rings. The van der Waals surface area contributed by atoms with E-state index in [1.54, 1.807) is 0 Å². The summed E-state index contributed by atoms with van der Waals surface area (Å²) >= 11 is 5.50. The minimum atomic E-state index is -4.37. The molecule has 0 aromatic carbocycles. The fourth-order valence-electron chi connectivity index (χ4n) is 2.23. The molecule has 1 aromatic heterocycles. The van der Waals surface area contributed by atoms with Crippen LogP contribution in [-0.4, -0.2) is 9.78 Å². The number of hydrogen-bond acceptors (Lipinski definition) is 1. The minimum Gasteiger partial charge on any atom is -0.257 e. The predicted molar refractivity (Wildman–Crippen MR) is 54.3 cm³/mol. The van der Waals surface area contributed by atoms with E-state index < -0.39 is 11.9 Å². The van der Waals surface area contributed by atoms with E-state index in [1.165, 1.54) is 6.20 Å². The Hall–Kier alpha value is -0.710. The topological polar surface area (TPSA) is 17.8 Å². The lowest BCUT2D eigenvalue weighted by atomic mass is 10.2. The van der Waals surface area contributed by atoms with Gasteiger partial charge in [-0.15, -0.1) is 11.6 Å². The van der Waals surface area contributed by atoms with Crippen LogP contribution in [0, 0.1) is 0 Å². The van der Waals surface area contributed by atoms with Crippen LogP contribution in [0.1, 0.15) is 43.0 Å². The third-order valence-electron chi connectivity index (χ3n) is 2.95. The van der Waals surface area contributed by atoms with Crippen molar-refractivity contribution in [1.82, 2.24) is 9.78 Å². The number of aromatic nitrogens is 2. The van der Waals surface area contributed by atoms with Gasteiger partial charge < -0.3 is 0 Å². The van der Waals surface area contributed by atoms with Gasteiger partial charge in [-0.2, -0.15) is 18.3 Å². The van der Waals surface area contributed by atoms with Gasteiger partial charge in [0.15, 0.2) is 0 Å². The van der Waals surface area contributed by atoms with Gasteiger partial charge in [0, 0.05) is 5.56 Å². The van der Waals surface area contributed by atoms with Gasteiger partial charge in [-0.05, 0) is 12.8 Å². The van der Waals surface area contributed by atoms with Crippen LogP contribution >= 0.6 is 11.6 Å². The van der Waals surface area contributed by atoms with Crippen LogP contribution < -0.4 is 0 Å². The van der Waals surface area contributed by atoms with Gasteiger partial charge in [0.25, 0.3) is 0 Å². The number of rotatable bonds is 2. The fourth-order valence-corrected chi connectivity index (χ4v) is 2.43. The van der Waals surface area contributed by atoms with Crippen molar-refractivity contribution in [2.75, 3.05) is 0 Å². The third-order valence-corrected chi connectivity index (χ3v) is 3.24. The largest absolute Gasteiger partial charge is 0.433 e. The molecule has 1 saturated carbocycles. The maximum atomic E-state index is 12.9. The summed E-state index contributed by atoms with van der Waals surface area (Å²) in [6, 6.07) is -0.117. The highest BCUT2D eigenvalue weighted by atomic mass is 35.5. The zero-order valence-corrected chi connectivity index (χ0v) is 9.35. The Balaban J connectivity index is 2.41. The Morgan fingerprint density at radius 1 is 1.38 bits per heavy atom. The van der Waals surface area contributed by atoms with E-state index in [1.807, 2.05) is 0 Å². The molecule has 1 heterocycles. The van der Waals surface area contributed by atoms with Crippen LogP contribution in [0.3, 0.4) is 0 Å². The standard InChI is InChI=1S/C10H12ClF3N2/c11-5-7-6-15-16(8-3-1-2-4-8)9(7)10(12,13)14/h6,8H,1-5H2. The predicted octanol–water partition coefficient (Wildman–Crippen LogP) is 3.76. The second-order valence-electron chi connectivity index (χ2n) is 4.03. The van der Waals surface area contributed by atoms with Crippen LogP contribution in [0.15, 0.2) is 6.20 Å². The van der Waals surface area contributed by atoms with Crippen molar-refractivity contribution in [3.05, 3.63) is 17.5 Å². The molecular formula is C10H12ClF3N2. The molecule has 0 N–H and O–H groups in total. The van der Waals surface area contributed by atoms with Crippen molar-refractivity contribution in [2.24, 2.45) is 0 Å². The van der Waals surface area contributed by atoms with Crippen LogP contribution in [0.25, 0.3) is 0 Å². The molecule has 0 bridgehead atoms. The maximum absolute atomic E-state index is 12.9. The van der Waals surface area contributed by atoms with Crippen molar-refractivity contribution >= 4 is 11.6 Å². The smallest absolute Gasteiger partial charge is 0.257 e. The molecule has 0 unspecified atom stereocenters. The quantitative estimate of drug-likeness (QED) is 0.733.